The standard InChI is InChI=1S/C20H16F2N4O2/c1-12(27)24-14-3-2-4-15(10-14)25-16-7-8-23-19(11-16)20(28)26-18-6-5-13(21)9-17(18)22/h2-11H,1H3,(H,23,25)(H,24,27)(H,26,28). The zero-order valence-corrected chi connectivity index (χ0v) is 14.8. The van der Waals surface area contributed by atoms with Gasteiger partial charge in [-0.15, -0.1) is 0 Å². The second-order valence-electron chi connectivity index (χ2n) is 5.90. The normalized spacial score (nSPS) is 10.2. The number of aromatic nitrogens is 1. The highest BCUT2D eigenvalue weighted by atomic mass is 19.1. The Labute approximate surface area is 159 Å². The van der Waals surface area contributed by atoms with Gasteiger partial charge >= 0.3 is 0 Å². The van der Waals surface area contributed by atoms with Gasteiger partial charge in [-0.25, -0.2) is 8.78 Å². The predicted molar refractivity (Wildman–Crippen MR) is 103 cm³/mol. The highest BCUT2D eigenvalue weighted by molar-refractivity contribution is 6.03. The second kappa shape index (κ2) is 8.26. The molecular weight excluding hydrogens is 366 g/mol. The van der Waals surface area contributed by atoms with E-state index in [0.29, 0.717) is 23.1 Å². The summed E-state index contributed by atoms with van der Waals surface area (Å²) in [5.41, 5.74) is 1.78. The van der Waals surface area contributed by atoms with E-state index in [0.717, 1.165) is 12.1 Å². The molecule has 3 rings (SSSR count). The van der Waals surface area contributed by atoms with E-state index in [1.54, 1.807) is 30.3 Å². The number of anilines is 4. The first-order chi connectivity index (χ1) is 13.4. The summed E-state index contributed by atoms with van der Waals surface area (Å²) < 4.78 is 26.7. The van der Waals surface area contributed by atoms with Crippen LogP contribution in [0.4, 0.5) is 31.5 Å². The molecule has 6 nitrogen and oxygen atoms in total. The molecule has 0 bridgehead atoms. The lowest BCUT2D eigenvalue weighted by molar-refractivity contribution is -0.114. The van der Waals surface area contributed by atoms with Gasteiger partial charge in [0, 0.05) is 36.2 Å². The zero-order valence-electron chi connectivity index (χ0n) is 14.8. The fraction of sp³-hybridized carbons (Fsp3) is 0.0500. The number of amides is 2. The van der Waals surface area contributed by atoms with Gasteiger partial charge in [-0.2, -0.15) is 0 Å². The van der Waals surface area contributed by atoms with Gasteiger partial charge in [-0.05, 0) is 42.5 Å². The topological polar surface area (TPSA) is 83.1 Å². The molecule has 1 aromatic heterocycles. The van der Waals surface area contributed by atoms with Gasteiger partial charge in [0.15, 0.2) is 0 Å². The number of rotatable bonds is 5. The molecule has 0 radical (unpaired) electrons. The molecule has 0 saturated carbocycles. The lowest BCUT2D eigenvalue weighted by Crippen LogP contribution is -2.15. The molecular formula is C20H16F2N4O2. The van der Waals surface area contributed by atoms with E-state index in [9.17, 15) is 18.4 Å². The highest BCUT2D eigenvalue weighted by Gasteiger charge is 2.12. The Balaban J connectivity index is 1.75. The second-order valence-corrected chi connectivity index (χ2v) is 5.90. The molecule has 0 spiro atoms. The fourth-order valence-electron chi connectivity index (χ4n) is 2.45. The number of hydrogen-bond donors (Lipinski definition) is 3. The van der Waals surface area contributed by atoms with Crippen molar-refractivity contribution in [3.8, 4) is 0 Å². The number of hydrogen-bond acceptors (Lipinski definition) is 4. The van der Waals surface area contributed by atoms with Crippen LogP contribution in [0.25, 0.3) is 0 Å². The maximum atomic E-state index is 13.7. The number of pyridine rings is 1. The van der Waals surface area contributed by atoms with Crippen LogP contribution in [0.15, 0.2) is 60.8 Å². The summed E-state index contributed by atoms with van der Waals surface area (Å²) in [6, 6.07) is 13.0. The largest absolute Gasteiger partial charge is 0.355 e. The number of benzene rings is 2. The van der Waals surface area contributed by atoms with Crippen molar-refractivity contribution in [3.63, 3.8) is 0 Å². The molecule has 142 valence electrons. The Morgan fingerprint density at radius 2 is 1.64 bits per heavy atom. The minimum Gasteiger partial charge on any atom is -0.355 e. The third-order valence-electron chi connectivity index (χ3n) is 3.64. The van der Waals surface area contributed by atoms with Crippen LogP contribution in [-0.2, 0) is 4.79 Å². The Morgan fingerprint density at radius 1 is 0.893 bits per heavy atom. The molecule has 0 unspecified atom stereocenters. The molecule has 3 aromatic rings. The minimum absolute atomic E-state index is 0.0479. The van der Waals surface area contributed by atoms with Crippen molar-refractivity contribution in [2.45, 2.75) is 6.92 Å². The van der Waals surface area contributed by atoms with E-state index in [2.05, 4.69) is 20.9 Å². The van der Waals surface area contributed by atoms with Gasteiger partial charge in [-0.1, -0.05) is 6.07 Å². The Kier molecular flexibility index (Phi) is 5.59. The van der Waals surface area contributed by atoms with Crippen molar-refractivity contribution < 1.29 is 18.4 Å². The molecule has 0 aliphatic rings. The van der Waals surface area contributed by atoms with Gasteiger partial charge < -0.3 is 16.0 Å². The van der Waals surface area contributed by atoms with Gasteiger partial charge in [0.25, 0.3) is 5.91 Å². The summed E-state index contributed by atoms with van der Waals surface area (Å²) in [5, 5.41) is 8.14. The lowest BCUT2D eigenvalue weighted by Gasteiger charge is -2.10. The molecule has 0 aliphatic heterocycles. The molecule has 2 aromatic carbocycles. The number of carbonyl (C=O) groups is 2. The van der Waals surface area contributed by atoms with Crippen molar-refractivity contribution in [1.82, 2.24) is 4.98 Å². The first-order valence-corrected chi connectivity index (χ1v) is 8.28. The van der Waals surface area contributed by atoms with Gasteiger partial charge in [0.2, 0.25) is 5.91 Å². The summed E-state index contributed by atoms with van der Waals surface area (Å²) in [6.07, 6.45) is 1.43. The smallest absolute Gasteiger partial charge is 0.274 e. The molecule has 3 N–H and O–H groups in total. The van der Waals surface area contributed by atoms with Crippen LogP contribution < -0.4 is 16.0 Å². The molecule has 28 heavy (non-hydrogen) atoms. The summed E-state index contributed by atoms with van der Waals surface area (Å²) in [7, 11) is 0. The van der Waals surface area contributed by atoms with Crippen LogP contribution in [0.2, 0.25) is 0 Å². The molecule has 0 atom stereocenters. The van der Waals surface area contributed by atoms with Crippen molar-refractivity contribution >= 4 is 34.6 Å². The molecule has 0 fully saturated rings. The summed E-state index contributed by atoms with van der Waals surface area (Å²) in [5.74, 6) is -2.44. The maximum absolute atomic E-state index is 13.7. The summed E-state index contributed by atoms with van der Waals surface area (Å²) in [4.78, 5) is 27.5. The van der Waals surface area contributed by atoms with Crippen LogP contribution in [0.3, 0.4) is 0 Å². The summed E-state index contributed by atoms with van der Waals surface area (Å²) in [6.45, 7) is 1.41. The molecule has 8 heteroatoms. The average Bonchev–Trinajstić information content (AvgIpc) is 2.64. The number of halogens is 2. The van der Waals surface area contributed by atoms with E-state index in [1.807, 2.05) is 0 Å². The van der Waals surface area contributed by atoms with E-state index >= 15 is 0 Å². The Morgan fingerprint density at radius 3 is 2.39 bits per heavy atom. The average molecular weight is 382 g/mol. The number of nitrogens with one attached hydrogen (secondary N) is 3. The van der Waals surface area contributed by atoms with Crippen LogP contribution in [0, 0.1) is 11.6 Å². The van der Waals surface area contributed by atoms with E-state index in [1.165, 1.54) is 19.2 Å². The van der Waals surface area contributed by atoms with E-state index in [4.69, 9.17) is 0 Å². The lowest BCUT2D eigenvalue weighted by atomic mass is 10.2. The zero-order chi connectivity index (χ0) is 20.1. The van der Waals surface area contributed by atoms with Crippen LogP contribution in [0.5, 0.6) is 0 Å². The van der Waals surface area contributed by atoms with Crippen LogP contribution >= 0.6 is 0 Å². The highest BCUT2D eigenvalue weighted by Crippen LogP contribution is 2.21. The van der Waals surface area contributed by atoms with Crippen molar-refractivity contribution in [2.75, 3.05) is 16.0 Å². The SMILES string of the molecule is CC(=O)Nc1cccc(Nc2ccnc(C(=O)Nc3ccc(F)cc3F)c2)c1. The first kappa shape index (κ1) is 19.0. The van der Waals surface area contributed by atoms with Crippen molar-refractivity contribution in [2.24, 2.45) is 0 Å². The van der Waals surface area contributed by atoms with Crippen molar-refractivity contribution in [1.29, 1.82) is 0 Å². The fourth-order valence-corrected chi connectivity index (χ4v) is 2.45. The maximum Gasteiger partial charge on any atom is 0.274 e. The Hall–Kier alpha value is -3.81. The van der Waals surface area contributed by atoms with E-state index < -0.39 is 17.5 Å². The first-order valence-electron chi connectivity index (χ1n) is 8.28. The number of carbonyl (C=O) groups excluding carboxylic acids is 2. The van der Waals surface area contributed by atoms with Gasteiger partial charge in [0.05, 0.1) is 5.69 Å². The molecule has 0 aliphatic carbocycles. The third-order valence-corrected chi connectivity index (χ3v) is 3.64. The minimum atomic E-state index is -0.877. The van der Waals surface area contributed by atoms with Crippen LogP contribution in [0.1, 0.15) is 17.4 Å². The monoisotopic (exact) mass is 382 g/mol. The van der Waals surface area contributed by atoms with Gasteiger partial charge in [-0.3, -0.25) is 14.6 Å². The Bertz CT molecular complexity index is 1040. The summed E-state index contributed by atoms with van der Waals surface area (Å²) >= 11 is 0. The third kappa shape index (κ3) is 4.88. The van der Waals surface area contributed by atoms with E-state index in [-0.39, 0.29) is 17.3 Å². The molecule has 2 amide bonds. The predicted octanol–water partition coefficient (Wildman–Crippen LogP) is 4.31. The van der Waals surface area contributed by atoms with Gasteiger partial charge in [0.1, 0.15) is 17.3 Å². The molecule has 0 saturated heterocycles. The van der Waals surface area contributed by atoms with Crippen molar-refractivity contribution in [3.05, 3.63) is 78.1 Å². The molecule has 1 heterocycles. The van der Waals surface area contributed by atoms with Crippen LogP contribution in [-0.4, -0.2) is 16.8 Å². The number of nitrogens with zero attached hydrogens (tertiary/aromatic N) is 1. The quantitative estimate of drug-likeness (QED) is 0.614.